The summed E-state index contributed by atoms with van der Waals surface area (Å²) in [5, 5.41) is 0. The topological polar surface area (TPSA) is 26.0 Å². The number of benzene rings is 1. The molecule has 0 spiro atoms. The molecule has 1 nitrogen and oxygen atoms in total. The zero-order valence-corrected chi connectivity index (χ0v) is 11.8. The molecule has 20 heavy (non-hydrogen) atoms. The predicted octanol–water partition coefficient (Wildman–Crippen LogP) is 4.40. The zero-order valence-electron chi connectivity index (χ0n) is 11.8. The van der Waals surface area contributed by atoms with E-state index in [9.17, 15) is 13.2 Å². The van der Waals surface area contributed by atoms with Crippen LogP contribution >= 0.6 is 0 Å². The first-order chi connectivity index (χ1) is 9.36. The van der Waals surface area contributed by atoms with Crippen molar-refractivity contribution in [3.63, 3.8) is 0 Å². The second-order valence-electron chi connectivity index (χ2n) is 6.09. The lowest BCUT2D eigenvalue weighted by Gasteiger charge is -2.30. The van der Waals surface area contributed by atoms with Crippen molar-refractivity contribution in [1.82, 2.24) is 0 Å². The Hall–Kier alpha value is -1.03. The summed E-state index contributed by atoms with van der Waals surface area (Å²) in [7, 11) is 0. The van der Waals surface area contributed by atoms with Gasteiger partial charge in [-0.3, -0.25) is 0 Å². The average Bonchev–Trinajstić information content (AvgIpc) is 2.38. The van der Waals surface area contributed by atoms with Gasteiger partial charge in [0.1, 0.15) is 0 Å². The molecule has 2 N–H and O–H groups in total. The second-order valence-corrected chi connectivity index (χ2v) is 6.09. The quantitative estimate of drug-likeness (QED) is 0.875. The molecular weight excluding hydrogens is 263 g/mol. The number of rotatable bonds is 3. The molecule has 0 aliphatic heterocycles. The first-order valence-corrected chi connectivity index (χ1v) is 7.28. The summed E-state index contributed by atoms with van der Waals surface area (Å²) in [6.07, 6.45) is 0.813. The Bertz CT molecular complexity index is 434. The molecule has 2 rings (SSSR count). The van der Waals surface area contributed by atoms with Crippen LogP contribution in [0.1, 0.15) is 43.7 Å². The van der Waals surface area contributed by atoms with Crippen LogP contribution in [0.2, 0.25) is 0 Å². The maximum Gasteiger partial charge on any atom is 0.416 e. The van der Waals surface area contributed by atoms with Crippen LogP contribution in [0, 0.1) is 11.8 Å². The van der Waals surface area contributed by atoms with Crippen LogP contribution in [-0.2, 0) is 12.6 Å². The molecular formula is C16H22F3N. The first kappa shape index (κ1) is 15.4. The third-order valence-corrected chi connectivity index (χ3v) is 4.39. The molecule has 0 amide bonds. The Balaban J connectivity index is 1.99. The van der Waals surface area contributed by atoms with E-state index >= 15 is 0 Å². The molecule has 1 fully saturated rings. The molecule has 1 aromatic carbocycles. The van der Waals surface area contributed by atoms with Gasteiger partial charge in [-0.05, 0) is 42.7 Å². The van der Waals surface area contributed by atoms with Gasteiger partial charge < -0.3 is 5.73 Å². The molecule has 112 valence electrons. The van der Waals surface area contributed by atoms with E-state index in [2.05, 4.69) is 6.92 Å². The molecule has 0 aromatic heterocycles. The van der Waals surface area contributed by atoms with Gasteiger partial charge in [-0.1, -0.05) is 38.0 Å². The molecule has 1 aliphatic rings. The van der Waals surface area contributed by atoms with Gasteiger partial charge >= 0.3 is 6.18 Å². The van der Waals surface area contributed by atoms with Crippen molar-refractivity contribution in [2.24, 2.45) is 17.6 Å². The molecule has 0 radical (unpaired) electrons. The predicted molar refractivity (Wildman–Crippen MR) is 74.2 cm³/mol. The number of alkyl halides is 3. The van der Waals surface area contributed by atoms with Crippen LogP contribution < -0.4 is 5.73 Å². The van der Waals surface area contributed by atoms with Gasteiger partial charge in [0.2, 0.25) is 0 Å². The smallest absolute Gasteiger partial charge is 0.327 e. The van der Waals surface area contributed by atoms with Gasteiger partial charge in [0.15, 0.2) is 0 Å². The lowest BCUT2D eigenvalue weighted by molar-refractivity contribution is -0.137. The summed E-state index contributed by atoms with van der Waals surface area (Å²) in [5.41, 5.74) is 6.31. The van der Waals surface area contributed by atoms with Gasteiger partial charge in [0.25, 0.3) is 0 Å². The summed E-state index contributed by atoms with van der Waals surface area (Å²) >= 11 is 0. The van der Waals surface area contributed by atoms with Crippen LogP contribution in [-0.4, -0.2) is 6.04 Å². The molecule has 1 atom stereocenters. The van der Waals surface area contributed by atoms with E-state index in [1.165, 1.54) is 25.0 Å². The van der Waals surface area contributed by atoms with Crippen molar-refractivity contribution in [1.29, 1.82) is 0 Å². The number of nitrogens with two attached hydrogens (primary N) is 1. The van der Waals surface area contributed by atoms with E-state index in [4.69, 9.17) is 5.73 Å². The Morgan fingerprint density at radius 1 is 1.20 bits per heavy atom. The van der Waals surface area contributed by atoms with Crippen molar-refractivity contribution >= 4 is 0 Å². The number of hydrogen-bond acceptors (Lipinski definition) is 1. The van der Waals surface area contributed by atoms with E-state index in [1.807, 2.05) is 0 Å². The summed E-state index contributed by atoms with van der Waals surface area (Å²) in [6.45, 7) is 2.24. The highest BCUT2D eigenvalue weighted by Gasteiger charge is 2.30. The Morgan fingerprint density at radius 2 is 1.85 bits per heavy atom. The van der Waals surface area contributed by atoms with Crippen LogP contribution in [0.5, 0.6) is 0 Å². The van der Waals surface area contributed by atoms with Crippen LogP contribution in [0.3, 0.4) is 0 Å². The van der Waals surface area contributed by atoms with E-state index in [0.717, 1.165) is 24.8 Å². The van der Waals surface area contributed by atoms with E-state index < -0.39 is 11.7 Å². The minimum absolute atomic E-state index is 0.0361. The first-order valence-electron chi connectivity index (χ1n) is 7.28. The van der Waals surface area contributed by atoms with Crippen molar-refractivity contribution in [2.75, 3.05) is 0 Å². The fourth-order valence-corrected chi connectivity index (χ4v) is 3.03. The lowest BCUT2D eigenvalue weighted by Crippen LogP contribution is -2.34. The zero-order chi connectivity index (χ0) is 14.8. The SMILES string of the molecule is CC1CCC(C(N)Cc2cccc(C(F)(F)F)c2)CC1. The molecule has 1 aromatic rings. The maximum atomic E-state index is 12.7. The standard InChI is InChI=1S/C16H22F3N/c1-11-5-7-13(8-6-11)15(20)10-12-3-2-4-14(9-12)16(17,18)19/h2-4,9,11,13,15H,5-8,10,20H2,1H3. The van der Waals surface area contributed by atoms with Gasteiger partial charge in [-0.2, -0.15) is 13.2 Å². The maximum absolute atomic E-state index is 12.7. The summed E-state index contributed by atoms with van der Waals surface area (Å²) in [5.74, 6) is 1.20. The van der Waals surface area contributed by atoms with Gasteiger partial charge in [0, 0.05) is 6.04 Å². The van der Waals surface area contributed by atoms with E-state index in [0.29, 0.717) is 17.9 Å². The Labute approximate surface area is 118 Å². The van der Waals surface area contributed by atoms with E-state index in [1.54, 1.807) is 6.07 Å². The van der Waals surface area contributed by atoms with E-state index in [-0.39, 0.29) is 6.04 Å². The monoisotopic (exact) mass is 285 g/mol. The highest BCUT2D eigenvalue weighted by molar-refractivity contribution is 5.26. The fraction of sp³-hybridized carbons (Fsp3) is 0.625. The third kappa shape index (κ3) is 3.98. The summed E-state index contributed by atoms with van der Waals surface area (Å²) in [4.78, 5) is 0. The molecule has 0 heterocycles. The van der Waals surface area contributed by atoms with Gasteiger partial charge in [-0.15, -0.1) is 0 Å². The molecule has 1 saturated carbocycles. The highest BCUT2D eigenvalue weighted by atomic mass is 19.4. The summed E-state index contributed by atoms with van der Waals surface area (Å²) < 4.78 is 38.0. The van der Waals surface area contributed by atoms with Gasteiger partial charge in [-0.25, -0.2) is 0 Å². The summed E-state index contributed by atoms with van der Waals surface area (Å²) in [6, 6.07) is 5.50. The normalized spacial score (nSPS) is 25.4. The number of hydrogen-bond donors (Lipinski definition) is 1. The largest absolute Gasteiger partial charge is 0.416 e. The van der Waals surface area contributed by atoms with Crippen molar-refractivity contribution in [3.8, 4) is 0 Å². The minimum Gasteiger partial charge on any atom is -0.327 e. The molecule has 0 bridgehead atoms. The van der Waals surface area contributed by atoms with Crippen LogP contribution in [0.25, 0.3) is 0 Å². The molecule has 1 unspecified atom stereocenters. The van der Waals surface area contributed by atoms with Crippen molar-refractivity contribution in [3.05, 3.63) is 35.4 Å². The average molecular weight is 285 g/mol. The van der Waals surface area contributed by atoms with Crippen LogP contribution in [0.4, 0.5) is 13.2 Å². The minimum atomic E-state index is -4.28. The lowest BCUT2D eigenvalue weighted by atomic mass is 9.78. The molecule has 0 saturated heterocycles. The van der Waals surface area contributed by atoms with Gasteiger partial charge in [0.05, 0.1) is 5.56 Å². The van der Waals surface area contributed by atoms with Crippen molar-refractivity contribution in [2.45, 2.75) is 51.2 Å². The Kier molecular flexibility index (Phi) is 4.74. The third-order valence-electron chi connectivity index (χ3n) is 4.39. The van der Waals surface area contributed by atoms with Crippen molar-refractivity contribution < 1.29 is 13.2 Å². The molecule has 1 aliphatic carbocycles. The van der Waals surface area contributed by atoms with Crippen LogP contribution in [0.15, 0.2) is 24.3 Å². The highest BCUT2D eigenvalue weighted by Crippen LogP contribution is 2.32. The fourth-order valence-electron chi connectivity index (χ4n) is 3.03. The second kappa shape index (κ2) is 6.17. The Morgan fingerprint density at radius 3 is 2.45 bits per heavy atom. The number of halogens is 3. The molecule has 4 heteroatoms.